The van der Waals surface area contributed by atoms with E-state index < -0.39 is 0 Å². The first kappa shape index (κ1) is 18.6. The van der Waals surface area contributed by atoms with E-state index in [1.54, 1.807) is 40.3 Å². The Labute approximate surface area is 164 Å². The number of amides is 2. The molecular weight excluding hydrogens is 356 g/mol. The first-order valence-electron chi connectivity index (χ1n) is 9.93. The van der Waals surface area contributed by atoms with Crippen molar-refractivity contribution in [3.63, 3.8) is 0 Å². The van der Waals surface area contributed by atoms with Crippen LogP contribution in [0.25, 0.3) is 5.82 Å². The molecule has 1 aliphatic heterocycles. The van der Waals surface area contributed by atoms with Crippen molar-refractivity contribution in [2.75, 3.05) is 19.6 Å². The van der Waals surface area contributed by atoms with E-state index in [1.165, 1.54) is 12.8 Å². The van der Waals surface area contributed by atoms with Crippen molar-refractivity contribution in [3.8, 4) is 5.82 Å². The van der Waals surface area contributed by atoms with Gasteiger partial charge in [-0.3, -0.25) is 14.2 Å². The molecule has 0 spiro atoms. The highest BCUT2D eigenvalue weighted by molar-refractivity contribution is 5.93. The number of hydrogen-bond acceptors (Lipinski definition) is 5. The lowest BCUT2D eigenvalue weighted by Gasteiger charge is -2.34. The number of aromatic nitrogens is 4. The third-order valence-corrected chi connectivity index (χ3v) is 5.57. The SMILES string of the molecule is CC(C)[C@@H]1CN(C(=O)c2cccc(-n3cnnc3)n2)CCC(=O)N1CC1CC1. The van der Waals surface area contributed by atoms with Gasteiger partial charge < -0.3 is 9.80 Å². The fourth-order valence-electron chi connectivity index (χ4n) is 3.71. The Morgan fingerprint density at radius 3 is 2.64 bits per heavy atom. The lowest BCUT2D eigenvalue weighted by Crippen LogP contribution is -2.48. The topological polar surface area (TPSA) is 84.2 Å². The predicted octanol–water partition coefficient (Wildman–Crippen LogP) is 1.77. The van der Waals surface area contributed by atoms with Crippen LogP contribution in [0.2, 0.25) is 0 Å². The first-order valence-corrected chi connectivity index (χ1v) is 9.93. The number of rotatable bonds is 5. The molecule has 2 fully saturated rings. The second-order valence-electron chi connectivity index (χ2n) is 8.05. The summed E-state index contributed by atoms with van der Waals surface area (Å²) in [6.45, 7) is 6.05. The van der Waals surface area contributed by atoms with E-state index in [0.717, 1.165) is 6.54 Å². The molecule has 1 atom stereocenters. The molecule has 8 heteroatoms. The van der Waals surface area contributed by atoms with Gasteiger partial charge in [0.2, 0.25) is 5.91 Å². The maximum absolute atomic E-state index is 13.2. The molecule has 1 saturated heterocycles. The van der Waals surface area contributed by atoms with Crippen molar-refractivity contribution < 1.29 is 9.59 Å². The van der Waals surface area contributed by atoms with E-state index in [9.17, 15) is 9.59 Å². The molecule has 0 aromatic carbocycles. The molecule has 2 amide bonds. The molecule has 1 aliphatic carbocycles. The van der Waals surface area contributed by atoms with Gasteiger partial charge in [-0.2, -0.15) is 0 Å². The highest BCUT2D eigenvalue weighted by Crippen LogP contribution is 2.32. The number of pyridine rings is 1. The first-order chi connectivity index (χ1) is 13.5. The highest BCUT2D eigenvalue weighted by atomic mass is 16.2. The quantitative estimate of drug-likeness (QED) is 0.787. The molecule has 0 radical (unpaired) electrons. The molecular formula is C20H26N6O2. The normalized spacial score (nSPS) is 20.5. The van der Waals surface area contributed by atoms with Crippen molar-refractivity contribution in [2.24, 2.45) is 11.8 Å². The monoisotopic (exact) mass is 382 g/mol. The molecule has 8 nitrogen and oxygen atoms in total. The second-order valence-corrected chi connectivity index (χ2v) is 8.05. The van der Waals surface area contributed by atoms with E-state index >= 15 is 0 Å². The Balaban J connectivity index is 1.55. The van der Waals surface area contributed by atoms with Crippen LogP contribution < -0.4 is 0 Å². The molecule has 3 heterocycles. The molecule has 2 aromatic rings. The zero-order valence-corrected chi connectivity index (χ0v) is 16.4. The van der Waals surface area contributed by atoms with Gasteiger partial charge in [-0.05, 0) is 36.8 Å². The summed E-state index contributed by atoms with van der Waals surface area (Å²) in [7, 11) is 0. The van der Waals surface area contributed by atoms with Crippen LogP contribution in [0, 0.1) is 11.8 Å². The Morgan fingerprint density at radius 1 is 1.21 bits per heavy atom. The van der Waals surface area contributed by atoms with Crippen LogP contribution in [0.4, 0.5) is 0 Å². The zero-order chi connectivity index (χ0) is 19.7. The average Bonchev–Trinajstić information content (AvgIpc) is 3.38. The van der Waals surface area contributed by atoms with Gasteiger partial charge in [0.05, 0.1) is 6.04 Å². The van der Waals surface area contributed by atoms with Crippen molar-refractivity contribution in [2.45, 2.75) is 39.2 Å². The molecule has 0 unspecified atom stereocenters. The lowest BCUT2D eigenvalue weighted by molar-refractivity contribution is -0.133. The largest absolute Gasteiger partial charge is 0.337 e. The van der Waals surface area contributed by atoms with Gasteiger partial charge in [0, 0.05) is 26.1 Å². The van der Waals surface area contributed by atoms with Gasteiger partial charge in [-0.15, -0.1) is 10.2 Å². The fraction of sp³-hybridized carbons (Fsp3) is 0.550. The minimum atomic E-state index is -0.137. The molecule has 0 bridgehead atoms. The Kier molecular flexibility index (Phi) is 5.11. The molecule has 0 N–H and O–H groups in total. The van der Waals surface area contributed by atoms with Crippen LogP contribution >= 0.6 is 0 Å². The van der Waals surface area contributed by atoms with Crippen molar-refractivity contribution in [1.29, 1.82) is 0 Å². The van der Waals surface area contributed by atoms with Gasteiger partial charge in [-0.1, -0.05) is 19.9 Å². The maximum Gasteiger partial charge on any atom is 0.272 e. The van der Waals surface area contributed by atoms with Gasteiger partial charge in [-0.25, -0.2) is 4.98 Å². The summed E-state index contributed by atoms with van der Waals surface area (Å²) in [5.41, 5.74) is 0.372. The van der Waals surface area contributed by atoms with Gasteiger partial charge in [0.15, 0.2) is 0 Å². The zero-order valence-electron chi connectivity index (χ0n) is 16.4. The summed E-state index contributed by atoms with van der Waals surface area (Å²) in [6, 6.07) is 5.37. The van der Waals surface area contributed by atoms with E-state index in [-0.39, 0.29) is 23.8 Å². The number of nitrogens with zero attached hydrogens (tertiary/aromatic N) is 6. The van der Waals surface area contributed by atoms with Crippen LogP contribution in [0.3, 0.4) is 0 Å². The molecule has 148 valence electrons. The van der Waals surface area contributed by atoms with Crippen LogP contribution in [0.15, 0.2) is 30.9 Å². The van der Waals surface area contributed by atoms with Crippen molar-refractivity contribution in [1.82, 2.24) is 29.5 Å². The number of carbonyl (C=O) groups excluding carboxylic acids is 2. The van der Waals surface area contributed by atoms with Crippen molar-refractivity contribution in [3.05, 3.63) is 36.5 Å². The van der Waals surface area contributed by atoms with Gasteiger partial charge >= 0.3 is 0 Å². The van der Waals surface area contributed by atoms with Crippen LogP contribution in [-0.4, -0.2) is 67.0 Å². The molecule has 2 aromatic heterocycles. The van der Waals surface area contributed by atoms with E-state index in [1.807, 2.05) is 4.90 Å². The summed E-state index contributed by atoms with van der Waals surface area (Å²) in [6.07, 6.45) is 5.87. The Morgan fingerprint density at radius 2 is 1.96 bits per heavy atom. The molecule has 4 rings (SSSR count). The summed E-state index contributed by atoms with van der Waals surface area (Å²) in [5, 5.41) is 7.57. The number of hydrogen-bond donors (Lipinski definition) is 0. The smallest absolute Gasteiger partial charge is 0.272 e. The highest BCUT2D eigenvalue weighted by Gasteiger charge is 2.37. The minimum Gasteiger partial charge on any atom is -0.337 e. The predicted molar refractivity (Wildman–Crippen MR) is 103 cm³/mol. The van der Waals surface area contributed by atoms with E-state index in [2.05, 4.69) is 29.0 Å². The van der Waals surface area contributed by atoms with Crippen LogP contribution in [0.5, 0.6) is 0 Å². The number of carbonyl (C=O) groups is 2. The van der Waals surface area contributed by atoms with Gasteiger partial charge in [0.25, 0.3) is 5.91 Å². The Bertz CT molecular complexity index is 846. The summed E-state index contributed by atoms with van der Waals surface area (Å²) in [5.74, 6) is 1.54. The van der Waals surface area contributed by atoms with E-state index in [4.69, 9.17) is 0 Å². The summed E-state index contributed by atoms with van der Waals surface area (Å²) >= 11 is 0. The molecule has 2 aliphatic rings. The minimum absolute atomic E-state index is 0.0422. The lowest BCUT2D eigenvalue weighted by atomic mass is 10.0. The average molecular weight is 382 g/mol. The third-order valence-electron chi connectivity index (χ3n) is 5.57. The van der Waals surface area contributed by atoms with Crippen LogP contribution in [-0.2, 0) is 4.79 Å². The molecule has 28 heavy (non-hydrogen) atoms. The fourth-order valence-corrected chi connectivity index (χ4v) is 3.71. The summed E-state index contributed by atoms with van der Waals surface area (Å²) in [4.78, 5) is 34.2. The standard InChI is InChI=1S/C20H26N6O2/c1-14(2)17-11-24(9-8-19(27)26(17)10-15-6-7-15)20(28)16-4-3-5-18(23-16)25-12-21-22-13-25/h3-5,12-15,17H,6-11H2,1-2H3/t17-/m0/s1. The Hall–Kier alpha value is -2.77. The second kappa shape index (κ2) is 7.69. The van der Waals surface area contributed by atoms with Crippen molar-refractivity contribution >= 4 is 11.8 Å². The third kappa shape index (κ3) is 3.90. The van der Waals surface area contributed by atoms with E-state index in [0.29, 0.717) is 36.9 Å². The summed E-state index contributed by atoms with van der Waals surface area (Å²) < 4.78 is 1.66. The maximum atomic E-state index is 13.2. The van der Waals surface area contributed by atoms with Crippen LogP contribution in [0.1, 0.15) is 43.6 Å². The molecule has 1 saturated carbocycles. The van der Waals surface area contributed by atoms with Gasteiger partial charge in [0.1, 0.15) is 24.2 Å².